The fraction of sp³-hybridized carbons (Fsp3) is 0.176. The van der Waals surface area contributed by atoms with Crippen LogP contribution in [0.1, 0.15) is 17.4 Å². The molecular formula is C17H15ClN2S. The number of alkyl halides is 1. The van der Waals surface area contributed by atoms with Crippen LogP contribution < -0.4 is 0 Å². The van der Waals surface area contributed by atoms with Crippen LogP contribution in [0.3, 0.4) is 0 Å². The molecule has 21 heavy (non-hydrogen) atoms. The van der Waals surface area contributed by atoms with E-state index in [1.807, 2.05) is 18.2 Å². The molecule has 0 aliphatic carbocycles. The third-order valence-electron chi connectivity index (χ3n) is 3.34. The second-order valence-corrected chi connectivity index (χ2v) is 6.04. The smallest absolute Gasteiger partial charge is 0.142 e. The standard InChI is InChI=1S/C17H15ClN2S/c1-2-12-6-8-13(9-7-12)16-15(11-18)21-17(20-16)14-5-3-4-10-19-14/h3-10H,2,11H2,1H3. The van der Waals surface area contributed by atoms with Crippen molar-refractivity contribution in [3.63, 3.8) is 0 Å². The summed E-state index contributed by atoms with van der Waals surface area (Å²) in [5, 5.41) is 0.917. The Kier molecular flexibility index (Phi) is 4.32. The molecule has 3 aromatic rings. The molecule has 0 spiro atoms. The Morgan fingerprint density at radius 1 is 1.10 bits per heavy atom. The normalized spacial score (nSPS) is 10.8. The second-order valence-electron chi connectivity index (χ2n) is 4.69. The van der Waals surface area contributed by atoms with Crippen LogP contribution in [0, 0.1) is 0 Å². The first-order chi connectivity index (χ1) is 10.3. The number of hydrogen-bond donors (Lipinski definition) is 0. The van der Waals surface area contributed by atoms with E-state index >= 15 is 0 Å². The summed E-state index contributed by atoms with van der Waals surface area (Å²) >= 11 is 7.70. The maximum Gasteiger partial charge on any atom is 0.142 e. The van der Waals surface area contributed by atoms with Gasteiger partial charge >= 0.3 is 0 Å². The highest BCUT2D eigenvalue weighted by atomic mass is 35.5. The lowest BCUT2D eigenvalue weighted by atomic mass is 10.1. The molecule has 1 aromatic carbocycles. The van der Waals surface area contributed by atoms with Gasteiger partial charge in [-0.1, -0.05) is 37.3 Å². The van der Waals surface area contributed by atoms with E-state index in [1.54, 1.807) is 17.5 Å². The van der Waals surface area contributed by atoms with Gasteiger partial charge in [0.2, 0.25) is 0 Å². The van der Waals surface area contributed by atoms with Gasteiger partial charge in [-0.2, -0.15) is 0 Å². The molecule has 106 valence electrons. The number of thiazole rings is 1. The first-order valence-electron chi connectivity index (χ1n) is 6.88. The minimum Gasteiger partial charge on any atom is -0.254 e. The third-order valence-corrected chi connectivity index (χ3v) is 4.84. The maximum absolute atomic E-state index is 6.09. The van der Waals surface area contributed by atoms with Crippen molar-refractivity contribution in [2.75, 3.05) is 0 Å². The zero-order valence-electron chi connectivity index (χ0n) is 11.7. The summed E-state index contributed by atoms with van der Waals surface area (Å²) in [5.41, 5.74) is 4.30. The number of rotatable bonds is 4. The van der Waals surface area contributed by atoms with E-state index < -0.39 is 0 Å². The van der Waals surface area contributed by atoms with Gasteiger partial charge in [-0.3, -0.25) is 4.98 Å². The summed E-state index contributed by atoms with van der Waals surface area (Å²) in [6.45, 7) is 2.15. The minimum absolute atomic E-state index is 0.468. The minimum atomic E-state index is 0.468. The molecule has 0 bridgehead atoms. The monoisotopic (exact) mass is 314 g/mol. The molecule has 0 aliphatic heterocycles. The first kappa shape index (κ1) is 14.2. The molecule has 2 aromatic heterocycles. The lowest BCUT2D eigenvalue weighted by Gasteiger charge is -2.01. The molecule has 2 nitrogen and oxygen atoms in total. The van der Waals surface area contributed by atoms with Crippen molar-refractivity contribution in [1.82, 2.24) is 9.97 Å². The molecule has 0 N–H and O–H groups in total. The fourth-order valence-corrected chi connectivity index (χ4v) is 3.37. The Hall–Kier alpha value is -1.71. The van der Waals surface area contributed by atoms with Crippen LogP contribution in [0.5, 0.6) is 0 Å². The average molecular weight is 315 g/mol. The number of benzene rings is 1. The van der Waals surface area contributed by atoms with Gasteiger partial charge in [-0.05, 0) is 24.1 Å². The Bertz CT molecular complexity index is 720. The molecule has 0 atom stereocenters. The van der Waals surface area contributed by atoms with Crippen molar-refractivity contribution in [1.29, 1.82) is 0 Å². The number of aromatic nitrogens is 2. The van der Waals surface area contributed by atoms with Crippen LogP contribution in [0.25, 0.3) is 22.0 Å². The van der Waals surface area contributed by atoms with Crippen LogP contribution in [0.2, 0.25) is 0 Å². The van der Waals surface area contributed by atoms with Crippen molar-refractivity contribution >= 4 is 22.9 Å². The van der Waals surface area contributed by atoms with E-state index in [2.05, 4.69) is 36.2 Å². The van der Waals surface area contributed by atoms with E-state index in [1.165, 1.54) is 5.56 Å². The molecule has 0 unspecified atom stereocenters. The second kappa shape index (κ2) is 6.37. The van der Waals surface area contributed by atoms with Gasteiger partial charge in [0.05, 0.1) is 17.3 Å². The molecule has 0 saturated heterocycles. The number of aryl methyl sites for hydroxylation is 1. The quantitative estimate of drug-likeness (QED) is 0.621. The van der Waals surface area contributed by atoms with Gasteiger partial charge in [0.25, 0.3) is 0 Å². The summed E-state index contributed by atoms with van der Waals surface area (Å²) < 4.78 is 0. The molecule has 4 heteroatoms. The Morgan fingerprint density at radius 3 is 2.52 bits per heavy atom. The number of nitrogens with zero attached hydrogens (tertiary/aromatic N) is 2. The van der Waals surface area contributed by atoms with Gasteiger partial charge in [-0.25, -0.2) is 4.98 Å². The van der Waals surface area contributed by atoms with Crippen LogP contribution in [0.15, 0.2) is 48.7 Å². The SMILES string of the molecule is CCc1ccc(-c2nc(-c3ccccn3)sc2CCl)cc1. The number of pyridine rings is 1. The molecule has 0 aliphatic rings. The zero-order chi connectivity index (χ0) is 14.7. The number of halogens is 1. The average Bonchev–Trinajstić information content (AvgIpc) is 3.00. The van der Waals surface area contributed by atoms with Crippen molar-refractivity contribution in [2.24, 2.45) is 0 Å². The van der Waals surface area contributed by atoms with Crippen molar-refractivity contribution in [2.45, 2.75) is 19.2 Å². The van der Waals surface area contributed by atoms with Crippen LogP contribution >= 0.6 is 22.9 Å². The lowest BCUT2D eigenvalue weighted by molar-refractivity contribution is 1.14. The predicted molar refractivity (Wildman–Crippen MR) is 89.7 cm³/mol. The van der Waals surface area contributed by atoms with E-state index in [0.717, 1.165) is 33.3 Å². The van der Waals surface area contributed by atoms with E-state index in [4.69, 9.17) is 16.6 Å². The van der Waals surface area contributed by atoms with Gasteiger partial charge in [-0.15, -0.1) is 22.9 Å². The number of hydrogen-bond acceptors (Lipinski definition) is 3. The van der Waals surface area contributed by atoms with Gasteiger partial charge in [0, 0.05) is 16.6 Å². The summed E-state index contributed by atoms with van der Waals surface area (Å²) in [7, 11) is 0. The summed E-state index contributed by atoms with van der Waals surface area (Å²) in [6, 6.07) is 14.4. The molecule has 0 radical (unpaired) electrons. The van der Waals surface area contributed by atoms with Crippen molar-refractivity contribution in [3.05, 3.63) is 59.1 Å². The predicted octanol–water partition coefficient (Wildman–Crippen LogP) is 5.17. The molecular weight excluding hydrogens is 300 g/mol. The van der Waals surface area contributed by atoms with Crippen LogP contribution in [0.4, 0.5) is 0 Å². The third kappa shape index (κ3) is 2.99. The van der Waals surface area contributed by atoms with Crippen LogP contribution in [-0.4, -0.2) is 9.97 Å². The molecule has 0 fully saturated rings. The van der Waals surface area contributed by atoms with Gasteiger partial charge < -0.3 is 0 Å². The van der Waals surface area contributed by atoms with Crippen LogP contribution in [-0.2, 0) is 12.3 Å². The first-order valence-corrected chi connectivity index (χ1v) is 8.23. The summed E-state index contributed by atoms with van der Waals surface area (Å²) in [4.78, 5) is 10.2. The van der Waals surface area contributed by atoms with Crippen molar-refractivity contribution in [3.8, 4) is 22.0 Å². The van der Waals surface area contributed by atoms with Gasteiger partial charge in [0.15, 0.2) is 0 Å². The van der Waals surface area contributed by atoms with E-state index in [-0.39, 0.29) is 0 Å². The zero-order valence-corrected chi connectivity index (χ0v) is 13.3. The Morgan fingerprint density at radius 2 is 1.90 bits per heavy atom. The van der Waals surface area contributed by atoms with E-state index in [0.29, 0.717) is 5.88 Å². The molecule has 0 saturated carbocycles. The largest absolute Gasteiger partial charge is 0.254 e. The highest BCUT2D eigenvalue weighted by Gasteiger charge is 2.14. The molecule has 3 rings (SSSR count). The summed E-state index contributed by atoms with van der Waals surface area (Å²) in [6.07, 6.45) is 2.83. The Balaban J connectivity index is 2.03. The maximum atomic E-state index is 6.09. The molecule has 0 amide bonds. The topological polar surface area (TPSA) is 25.8 Å². The summed E-state index contributed by atoms with van der Waals surface area (Å²) in [5.74, 6) is 0.468. The van der Waals surface area contributed by atoms with Gasteiger partial charge in [0.1, 0.15) is 5.01 Å². The fourth-order valence-electron chi connectivity index (χ4n) is 2.16. The van der Waals surface area contributed by atoms with Crippen molar-refractivity contribution < 1.29 is 0 Å². The van der Waals surface area contributed by atoms with E-state index in [9.17, 15) is 0 Å². The Labute approximate surface area is 133 Å². The highest BCUT2D eigenvalue weighted by Crippen LogP contribution is 2.34. The molecule has 2 heterocycles. The highest BCUT2D eigenvalue weighted by molar-refractivity contribution is 7.15. The lowest BCUT2D eigenvalue weighted by Crippen LogP contribution is -1.85.